The highest BCUT2D eigenvalue weighted by molar-refractivity contribution is 5.51. The maximum Gasteiger partial charge on any atom is 0.0966 e. The lowest BCUT2D eigenvalue weighted by Gasteiger charge is -2.47. The molecule has 4 rings (SSSR count). The minimum Gasteiger partial charge on any atom is -0.512 e. The van der Waals surface area contributed by atoms with Crippen molar-refractivity contribution in [2.45, 2.75) is 58.0 Å². The van der Waals surface area contributed by atoms with Gasteiger partial charge in [0.1, 0.15) is 0 Å². The van der Waals surface area contributed by atoms with Crippen LogP contribution in [-0.2, 0) is 0 Å². The van der Waals surface area contributed by atoms with Gasteiger partial charge in [-0.15, -0.1) is 0 Å². The van der Waals surface area contributed by atoms with Crippen molar-refractivity contribution in [3.63, 3.8) is 0 Å². The molecule has 0 heterocycles. The number of hydrogen-bond acceptors (Lipinski definition) is 2. The molecule has 4 aliphatic carbocycles. The van der Waals surface area contributed by atoms with Crippen LogP contribution in [0.15, 0.2) is 34.6 Å². The standard InChI is InChI=1S/C18H24O2/c1-18-9-8-13-14(16(18)6-7-17(18)20)5-3-11-2-4-12(19)10-15(11)13/h2,10,14,16-17,19-20H,3-9H2,1H3/t14-,16+,17+,18+/m1/s1. The number of hydrogen-bond donors (Lipinski definition) is 2. The Balaban J connectivity index is 1.77. The predicted octanol–water partition coefficient (Wildman–Crippen LogP) is 4.04. The van der Waals surface area contributed by atoms with E-state index >= 15 is 0 Å². The summed E-state index contributed by atoms with van der Waals surface area (Å²) in [7, 11) is 0. The zero-order valence-electron chi connectivity index (χ0n) is 12.2. The summed E-state index contributed by atoms with van der Waals surface area (Å²) in [6.45, 7) is 2.30. The van der Waals surface area contributed by atoms with Crippen molar-refractivity contribution in [3.8, 4) is 0 Å². The lowest BCUT2D eigenvalue weighted by Crippen LogP contribution is -2.41. The number of fused-ring (bicyclic) bond motifs is 4. The van der Waals surface area contributed by atoms with Gasteiger partial charge in [-0.05, 0) is 73.0 Å². The minimum atomic E-state index is -0.105. The molecule has 0 aliphatic heterocycles. The van der Waals surface area contributed by atoms with Crippen LogP contribution in [-0.4, -0.2) is 16.3 Å². The first-order valence-corrected chi connectivity index (χ1v) is 8.09. The van der Waals surface area contributed by atoms with Crippen LogP contribution in [0, 0.1) is 17.3 Å². The summed E-state index contributed by atoms with van der Waals surface area (Å²) in [6.07, 6.45) is 11.6. The molecule has 2 heteroatoms. The molecular formula is C18H24O2. The molecule has 2 N–H and O–H groups in total. The average Bonchev–Trinajstić information content (AvgIpc) is 2.74. The Labute approximate surface area is 120 Å². The Hall–Kier alpha value is -1.02. The molecule has 4 aliphatic rings. The zero-order chi connectivity index (χ0) is 13.9. The molecule has 0 saturated heterocycles. The smallest absolute Gasteiger partial charge is 0.0966 e. The topological polar surface area (TPSA) is 40.5 Å². The van der Waals surface area contributed by atoms with Crippen LogP contribution in [0.25, 0.3) is 0 Å². The van der Waals surface area contributed by atoms with Gasteiger partial charge in [-0.2, -0.15) is 0 Å². The van der Waals surface area contributed by atoms with Gasteiger partial charge in [0.25, 0.3) is 0 Å². The fraction of sp³-hybridized carbons (Fsp3) is 0.667. The van der Waals surface area contributed by atoms with Gasteiger partial charge in [-0.1, -0.05) is 18.6 Å². The molecule has 2 fully saturated rings. The Bertz CT molecular complexity index is 540. The van der Waals surface area contributed by atoms with Crippen LogP contribution in [0.4, 0.5) is 0 Å². The van der Waals surface area contributed by atoms with Crippen molar-refractivity contribution in [2.24, 2.45) is 17.3 Å². The minimum absolute atomic E-state index is 0.105. The van der Waals surface area contributed by atoms with E-state index in [0.717, 1.165) is 25.7 Å². The maximum absolute atomic E-state index is 10.4. The summed E-state index contributed by atoms with van der Waals surface area (Å²) >= 11 is 0. The van der Waals surface area contributed by atoms with E-state index in [4.69, 9.17) is 0 Å². The van der Waals surface area contributed by atoms with Gasteiger partial charge < -0.3 is 10.2 Å². The first-order valence-electron chi connectivity index (χ1n) is 8.09. The van der Waals surface area contributed by atoms with Crippen LogP contribution in [0.5, 0.6) is 0 Å². The molecule has 0 aromatic heterocycles. The molecule has 0 unspecified atom stereocenters. The molecule has 0 radical (unpaired) electrons. The van der Waals surface area contributed by atoms with E-state index in [9.17, 15) is 10.2 Å². The van der Waals surface area contributed by atoms with E-state index < -0.39 is 0 Å². The predicted molar refractivity (Wildman–Crippen MR) is 79.2 cm³/mol. The number of rotatable bonds is 0. The summed E-state index contributed by atoms with van der Waals surface area (Å²) < 4.78 is 0. The van der Waals surface area contributed by atoms with Gasteiger partial charge in [0.15, 0.2) is 0 Å². The zero-order valence-corrected chi connectivity index (χ0v) is 12.2. The van der Waals surface area contributed by atoms with Gasteiger partial charge >= 0.3 is 0 Å². The van der Waals surface area contributed by atoms with Crippen molar-refractivity contribution in [1.82, 2.24) is 0 Å². The van der Waals surface area contributed by atoms with Crippen LogP contribution in [0.2, 0.25) is 0 Å². The summed E-state index contributed by atoms with van der Waals surface area (Å²) in [5, 5.41) is 20.2. The summed E-state index contributed by atoms with van der Waals surface area (Å²) in [5.74, 6) is 1.80. The molecule has 2 saturated carbocycles. The van der Waals surface area contributed by atoms with Crippen LogP contribution >= 0.6 is 0 Å². The molecule has 0 aromatic rings. The van der Waals surface area contributed by atoms with Gasteiger partial charge in [-0.25, -0.2) is 0 Å². The van der Waals surface area contributed by atoms with Crippen molar-refractivity contribution in [1.29, 1.82) is 0 Å². The second-order valence-electron chi connectivity index (χ2n) is 7.36. The fourth-order valence-corrected chi connectivity index (χ4v) is 5.30. The second-order valence-corrected chi connectivity index (χ2v) is 7.36. The monoisotopic (exact) mass is 272 g/mol. The molecule has 0 aromatic carbocycles. The van der Waals surface area contributed by atoms with Crippen LogP contribution in [0.1, 0.15) is 51.9 Å². The molecule has 0 spiro atoms. The van der Waals surface area contributed by atoms with Crippen molar-refractivity contribution < 1.29 is 10.2 Å². The van der Waals surface area contributed by atoms with Gasteiger partial charge in [0.2, 0.25) is 0 Å². The lowest BCUT2D eigenvalue weighted by molar-refractivity contribution is 0.00340. The van der Waals surface area contributed by atoms with E-state index in [1.54, 1.807) is 5.57 Å². The van der Waals surface area contributed by atoms with E-state index in [-0.39, 0.29) is 11.5 Å². The van der Waals surface area contributed by atoms with Crippen LogP contribution < -0.4 is 0 Å². The largest absolute Gasteiger partial charge is 0.512 e. The van der Waals surface area contributed by atoms with Gasteiger partial charge in [0.05, 0.1) is 11.9 Å². The molecule has 20 heavy (non-hydrogen) atoms. The first kappa shape index (κ1) is 12.7. The third-order valence-corrected chi connectivity index (χ3v) is 6.51. The van der Waals surface area contributed by atoms with Crippen molar-refractivity contribution in [3.05, 3.63) is 34.6 Å². The van der Waals surface area contributed by atoms with Crippen molar-refractivity contribution >= 4 is 0 Å². The number of aliphatic hydroxyl groups excluding tert-OH is 2. The summed E-state index contributed by atoms with van der Waals surface area (Å²) in [4.78, 5) is 0. The Morgan fingerprint density at radius 1 is 1.20 bits per heavy atom. The highest BCUT2D eigenvalue weighted by Crippen LogP contribution is 2.59. The van der Waals surface area contributed by atoms with E-state index in [0.29, 0.717) is 24.0 Å². The van der Waals surface area contributed by atoms with Crippen molar-refractivity contribution in [2.75, 3.05) is 0 Å². The quantitative estimate of drug-likeness (QED) is 0.699. The average molecular weight is 272 g/mol. The number of allylic oxidation sites excluding steroid dienone is 5. The summed E-state index contributed by atoms with van der Waals surface area (Å²) in [5.41, 5.74) is 4.51. The highest BCUT2D eigenvalue weighted by Gasteiger charge is 2.53. The first-order chi connectivity index (χ1) is 9.59. The highest BCUT2D eigenvalue weighted by atomic mass is 16.3. The van der Waals surface area contributed by atoms with Gasteiger partial charge in [-0.3, -0.25) is 0 Å². The maximum atomic E-state index is 10.4. The summed E-state index contributed by atoms with van der Waals surface area (Å²) in [6, 6.07) is 0. The number of aliphatic hydroxyl groups is 2. The van der Waals surface area contributed by atoms with E-state index in [1.165, 1.54) is 24.0 Å². The second kappa shape index (κ2) is 4.24. The molecule has 0 amide bonds. The van der Waals surface area contributed by atoms with E-state index in [1.807, 2.05) is 6.08 Å². The normalized spacial score (nSPS) is 43.4. The molecule has 2 nitrogen and oxygen atoms in total. The Morgan fingerprint density at radius 2 is 2.05 bits per heavy atom. The Kier molecular flexibility index (Phi) is 2.69. The SMILES string of the molecule is C[C@]12CCC3=C4C=C(O)CC=C4CC[C@H]3[C@@H]1CC[C@@H]2O. The third-order valence-electron chi connectivity index (χ3n) is 6.51. The third kappa shape index (κ3) is 1.60. The van der Waals surface area contributed by atoms with E-state index in [2.05, 4.69) is 13.0 Å². The molecule has 4 atom stereocenters. The fourth-order valence-electron chi connectivity index (χ4n) is 5.30. The molecule has 0 bridgehead atoms. The van der Waals surface area contributed by atoms with Gasteiger partial charge in [0, 0.05) is 6.42 Å². The lowest BCUT2D eigenvalue weighted by atomic mass is 9.58. The molecular weight excluding hydrogens is 248 g/mol. The Morgan fingerprint density at radius 3 is 2.90 bits per heavy atom. The molecule has 108 valence electrons. The van der Waals surface area contributed by atoms with Crippen LogP contribution in [0.3, 0.4) is 0 Å².